The minimum atomic E-state index is 0.282. The van der Waals surface area contributed by atoms with Crippen LogP contribution in [-0.2, 0) is 11.2 Å². The minimum Gasteiger partial charge on any atom is -0.372 e. The fraction of sp³-hybridized carbons (Fsp3) is 0.684. The molecule has 21 heavy (non-hydrogen) atoms. The molecule has 0 amide bonds. The predicted octanol–water partition coefficient (Wildman–Crippen LogP) is 5.43. The predicted molar refractivity (Wildman–Crippen MR) is 92.1 cm³/mol. The van der Waals surface area contributed by atoms with Crippen molar-refractivity contribution < 1.29 is 4.74 Å². The van der Waals surface area contributed by atoms with E-state index in [1.54, 1.807) is 0 Å². The summed E-state index contributed by atoms with van der Waals surface area (Å²) in [6.07, 6.45) is 10.8. The van der Waals surface area contributed by atoms with Crippen LogP contribution in [0.2, 0.25) is 0 Å². The Morgan fingerprint density at radius 1 is 1.24 bits per heavy atom. The molecule has 0 N–H and O–H groups in total. The highest BCUT2D eigenvalue weighted by Gasteiger charge is 2.42. The van der Waals surface area contributed by atoms with Gasteiger partial charge in [0.15, 0.2) is 0 Å². The van der Waals surface area contributed by atoms with E-state index in [1.165, 1.54) is 62.5 Å². The molecule has 1 aliphatic heterocycles. The molecule has 1 aromatic rings. The van der Waals surface area contributed by atoms with Crippen molar-refractivity contribution >= 4 is 15.9 Å². The molecule has 3 rings (SSSR count). The number of ether oxygens (including phenoxy) is 1. The molecule has 1 heterocycles. The van der Waals surface area contributed by atoms with E-state index in [0.717, 1.165) is 5.33 Å². The maximum Gasteiger partial charge on any atom is 0.0687 e. The fourth-order valence-corrected chi connectivity index (χ4v) is 4.66. The van der Waals surface area contributed by atoms with Gasteiger partial charge >= 0.3 is 0 Å². The number of hydrogen-bond donors (Lipinski definition) is 0. The van der Waals surface area contributed by atoms with Crippen molar-refractivity contribution in [3.8, 4) is 0 Å². The standard InChI is InChI=1S/C19H27BrO/c1-15-6-2-3-7-17(15)12-16(14-20)13-18-8-11-19(21-18)9-4-5-10-19/h2-3,6-7,16,18H,4-5,8-14H2,1H3. The summed E-state index contributed by atoms with van der Waals surface area (Å²) in [6.45, 7) is 2.22. The smallest absolute Gasteiger partial charge is 0.0687 e. The Morgan fingerprint density at radius 2 is 2.00 bits per heavy atom. The summed E-state index contributed by atoms with van der Waals surface area (Å²) in [5.41, 5.74) is 3.20. The third-order valence-corrected chi connectivity index (χ3v) is 6.35. The van der Waals surface area contributed by atoms with Gasteiger partial charge in [-0.2, -0.15) is 0 Å². The average Bonchev–Trinajstić information content (AvgIpc) is 3.11. The van der Waals surface area contributed by atoms with Crippen LogP contribution in [0.25, 0.3) is 0 Å². The van der Waals surface area contributed by atoms with Crippen LogP contribution in [0, 0.1) is 12.8 Å². The van der Waals surface area contributed by atoms with Gasteiger partial charge in [0.1, 0.15) is 0 Å². The Bertz CT molecular complexity index is 464. The lowest BCUT2D eigenvalue weighted by Crippen LogP contribution is -2.26. The molecular formula is C19H27BrO. The molecule has 2 atom stereocenters. The van der Waals surface area contributed by atoms with Gasteiger partial charge in [-0.15, -0.1) is 0 Å². The Kier molecular flexibility index (Phi) is 5.06. The van der Waals surface area contributed by atoms with Crippen molar-refractivity contribution in [1.82, 2.24) is 0 Å². The Labute approximate surface area is 137 Å². The zero-order valence-corrected chi connectivity index (χ0v) is 14.7. The molecule has 1 aliphatic carbocycles. The second-order valence-electron chi connectivity index (χ2n) is 7.06. The highest BCUT2D eigenvalue weighted by atomic mass is 79.9. The fourth-order valence-electron chi connectivity index (χ4n) is 4.17. The molecule has 1 saturated heterocycles. The molecule has 1 nitrogen and oxygen atoms in total. The summed E-state index contributed by atoms with van der Waals surface area (Å²) >= 11 is 3.72. The normalized spacial score (nSPS) is 25.5. The van der Waals surface area contributed by atoms with E-state index < -0.39 is 0 Å². The second kappa shape index (κ2) is 6.83. The van der Waals surface area contributed by atoms with Gasteiger partial charge in [-0.05, 0) is 62.5 Å². The van der Waals surface area contributed by atoms with E-state index in [0.29, 0.717) is 12.0 Å². The minimum absolute atomic E-state index is 0.282. The van der Waals surface area contributed by atoms with Crippen molar-refractivity contribution in [2.75, 3.05) is 5.33 Å². The van der Waals surface area contributed by atoms with Gasteiger partial charge in [0.05, 0.1) is 11.7 Å². The maximum atomic E-state index is 6.49. The molecule has 0 aromatic heterocycles. The van der Waals surface area contributed by atoms with Crippen LogP contribution in [0.15, 0.2) is 24.3 Å². The number of aryl methyl sites for hydroxylation is 1. The van der Waals surface area contributed by atoms with Gasteiger partial charge in [-0.1, -0.05) is 53.0 Å². The highest BCUT2D eigenvalue weighted by molar-refractivity contribution is 9.09. The third-order valence-electron chi connectivity index (χ3n) is 5.44. The SMILES string of the molecule is Cc1ccccc1CC(CBr)CC1CCC2(CCCC2)O1. The molecule has 1 saturated carbocycles. The molecule has 2 aliphatic rings. The third kappa shape index (κ3) is 3.71. The number of alkyl halides is 1. The average molecular weight is 351 g/mol. The first-order valence-corrected chi connectivity index (χ1v) is 9.61. The van der Waals surface area contributed by atoms with Crippen molar-refractivity contribution in [3.63, 3.8) is 0 Å². The maximum absolute atomic E-state index is 6.49. The van der Waals surface area contributed by atoms with Gasteiger partial charge in [0, 0.05) is 5.33 Å². The summed E-state index contributed by atoms with van der Waals surface area (Å²) in [7, 11) is 0. The van der Waals surface area contributed by atoms with E-state index in [1.807, 2.05) is 0 Å². The molecule has 116 valence electrons. The summed E-state index contributed by atoms with van der Waals surface area (Å²) < 4.78 is 6.49. The molecule has 1 spiro atoms. The number of hydrogen-bond acceptors (Lipinski definition) is 1. The quantitative estimate of drug-likeness (QED) is 0.643. The van der Waals surface area contributed by atoms with Crippen molar-refractivity contribution in [2.24, 2.45) is 5.92 Å². The summed E-state index contributed by atoms with van der Waals surface area (Å²) in [5.74, 6) is 0.688. The lowest BCUT2D eigenvalue weighted by molar-refractivity contribution is -0.0431. The molecular weight excluding hydrogens is 324 g/mol. The van der Waals surface area contributed by atoms with Crippen LogP contribution < -0.4 is 0 Å². The van der Waals surface area contributed by atoms with Gasteiger partial charge < -0.3 is 4.74 Å². The van der Waals surface area contributed by atoms with E-state index in [9.17, 15) is 0 Å². The number of rotatable bonds is 5. The van der Waals surface area contributed by atoms with Crippen LogP contribution in [0.4, 0.5) is 0 Å². The largest absolute Gasteiger partial charge is 0.372 e. The second-order valence-corrected chi connectivity index (χ2v) is 7.70. The van der Waals surface area contributed by atoms with Crippen LogP contribution in [0.3, 0.4) is 0 Å². The van der Waals surface area contributed by atoms with Crippen molar-refractivity contribution in [2.45, 2.75) is 70.0 Å². The molecule has 2 fully saturated rings. The van der Waals surface area contributed by atoms with E-state index >= 15 is 0 Å². The lowest BCUT2D eigenvalue weighted by Gasteiger charge is -2.25. The summed E-state index contributed by atoms with van der Waals surface area (Å²) in [4.78, 5) is 0. The van der Waals surface area contributed by atoms with E-state index in [4.69, 9.17) is 4.74 Å². The summed E-state index contributed by atoms with van der Waals surface area (Å²) in [5, 5.41) is 1.08. The first kappa shape index (κ1) is 15.6. The Morgan fingerprint density at radius 3 is 2.71 bits per heavy atom. The van der Waals surface area contributed by atoms with Crippen molar-refractivity contribution in [3.05, 3.63) is 35.4 Å². The van der Waals surface area contributed by atoms with Crippen LogP contribution in [-0.4, -0.2) is 17.0 Å². The van der Waals surface area contributed by atoms with Gasteiger partial charge in [-0.3, -0.25) is 0 Å². The van der Waals surface area contributed by atoms with Gasteiger partial charge in [0.2, 0.25) is 0 Å². The van der Waals surface area contributed by atoms with Crippen LogP contribution >= 0.6 is 15.9 Å². The Hall–Kier alpha value is -0.340. The van der Waals surface area contributed by atoms with E-state index in [2.05, 4.69) is 47.1 Å². The zero-order chi connectivity index (χ0) is 14.7. The highest BCUT2D eigenvalue weighted by Crippen LogP contribution is 2.44. The number of benzene rings is 1. The molecule has 0 radical (unpaired) electrons. The lowest BCUT2D eigenvalue weighted by atomic mass is 9.92. The van der Waals surface area contributed by atoms with Crippen molar-refractivity contribution in [1.29, 1.82) is 0 Å². The first-order chi connectivity index (χ1) is 10.2. The van der Waals surface area contributed by atoms with E-state index in [-0.39, 0.29) is 5.60 Å². The molecule has 2 heteroatoms. The monoisotopic (exact) mass is 350 g/mol. The summed E-state index contributed by atoms with van der Waals surface area (Å²) in [6, 6.07) is 8.79. The van der Waals surface area contributed by atoms with Crippen LogP contribution in [0.1, 0.15) is 56.1 Å². The molecule has 0 bridgehead atoms. The topological polar surface area (TPSA) is 9.23 Å². The first-order valence-electron chi connectivity index (χ1n) is 8.49. The van der Waals surface area contributed by atoms with Crippen LogP contribution in [0.5, 0.6) is 0 Å². The zero-order valence-electron chi connectivity index (χ0n) is 13.1. The molecule has 1 aromatic carbocycles. The molecule has 2 unspecified atom stereocenters. The number of halogens is 1. The van der Waals surface area contributed by atoms with Gasteiger partial charge in [-0.25, -0.2) is 0 Å². The van der Waals surface area contributed by atoms with Gasteiger partial charge in [0.25, 0.3) is 0 Å². The Balaban J connectivity index is 1.57.